The number of rotatable bonds is 3. The van der Waals surface area contributed by atoms with Crippen LogP contribution in [-0.2, 0) is 13.0 Å². The van der Waals surface area contributed by atoms with E-state index in [0.29, 0.717) is 6.54 Å². The Bertz CT molecular complexity index is 332. The van der Waals surface area contributed by atoms with E-state index < -0.39 is 6.10 Å². The number of hydrogen-bond donors (Lipinski definition) is 2. The molecule has 0 radical (unpaired) electrons. The Hall–Kier alpha value is -0.870. The first-order chi connectivity index (χ1) is 6.74. The molecule has 4 nitrogen and oxygen atoms in total. The first-order valence-corrected chi connectivity index (χ1v) is 5.12. The van der Waals surface area contributed by atoms with Gasteiger partial charge in [0.15, 0.2) is 0 Å². The van der Waals surface area contributed by atoms with Crippen LogP contribution in [0.4, 0.5) is 0 Å². The molecule has 0 aromatic carbocycles. The van der Waals surface area contributed by atoms with E-state index in [2.05, 4.69) is 14.9 Å². The number of hydrogen-bond acceptors (Lipinski definition) is 3. The Morgan fingerprint density at radius 2 is 2.43 bits per heavy atom. The molecule has 1 atom stereocenters. The number of aliphatic hydroxyl groups is 1. The number of imidazole rings is 1. The average Bonchev–Trinajstić information content (AvgIpc) is 2.63. The fraction of sp³-hybridized carbons (Fsp3) is 0.700. The van der Waals surface area contributed by atoms with E-state index >= 15 is 0 Å². The Kier molecular flexibility index (Phi) is 2.56. The summed E-state index contributed by atoms with van der Waals surface area (Å²) in [5.74, 6) is 1.13. The van der Waals surface area contributed by atoms with Crippen molar-refractivity contribution >= 4 is 0 Å². The van der Waals surface area contributed by atoms with Crippen LogP contribution in [0.5, 0.6) is 0 Å². The van der Waals surface area contributed by atoms with Crippen LogP contribution in [0.3, 0.4) is 0 Å². The number of likely N-dealkylation sites (N-methyl/N-ethyl adjacent to an activating group) is 1. The largest absolute Gasteiger partial charge is 0.385 e. The van der Waals surface area contributed by atoms with E-state index in [0.717, 1.165) is 36.6 Å². The van der Waals surface area contributed by atoms with Gasteiger partial charge in [0.2, 0.25) is 0 Å². The lowest BCUT2D eigenvalue weighted by molar-refractivity contribution is 0.168. The maximum absolute atomic E-state index is 9.93. The van der Waals surface area contributed by atoms with Gasteiger partial charge in [-0.2, -0.15) is 0 Å². The summed E-state index contributed by atoms with van der Waals surface area (Å²) in [7, 11) is 1.85. The van der Waals surface area contributed by atoms with E-state index in [-0.39, 0.29) is 0 Å². The minimum atomic E-state index is -0.431. The highest BCUT2D eigenvalue weighted by molar-refractivity contribution is 5.20. The van der Waals surface area contributed by atoms with Gasteiger partial charge in [0, 0.05) is 19.5 Å². The molecule has 1 aliphatic heterocycles. The molecular formula is C10H17N3O. The maximum atomic E-state index is 9.93. The van der Waals surface area contributed by atoms with Gasteiger partial charge in [0.1, 0.15) is 11.9 Å². The highest BCUT2D eigenvalue weighted by Gasteiger charge is 2.23. The Morgan fingerprint density at radius 3 is 3.14 bits per heavy atom. The average molecular weight is 195 g/mol. The maximum Gasteiger partial charge on any atom is 0.109 e. The van der Waals surface area contributed by atoms with Gasteiger partial charge in [-0.05, 0) is 20.4 Å². The Labute approximate surface area is 84.0 Å². The van der Waals surface area contributed by atoms with Gasteiger partial charge >= 0.3 is 0 Å². The zero-order valence-electron chi connectivity index (χ0n) is 8.75. The highest BCUT2D eigenvalue weighted by atomic mass is 16.3. The predicted octanol–water partition coefficient (Wildman–Crippen LogP) is 0.391. The van der Waals surface area contributed by atoms with E-state index in [9.17, 15) is 5.11 Å². The van der Waals surface area contributed by atoms with Crippen LogP contribution in [0.1, 0.15) is 29.7 Å². The molecular weight excluding hydrogens is 178 g/mol. The van der Waals surface area contributed by atoms with E-state index in [1.54, 1.807) is 0 Å². The molecule has 0 aliphatic carbocycles. The summed E-state index contributed by atoms with van der Waals surface area (Å²) in [6, 6.07) is 0. The molecule has 0 fully saturated rings. The molecule has 2 rings (SSSR count). The first-order valence-electron chi connectivity index (χ1n) is 5.12. The van der Waals surface area contributed by atoms with Crippen LogP contribution in [0.25, 0.3) is 0 Å². The molecule has 4 heteroatoms. The van der Waals surface area contributed by atoms with Gasteiger partial charge < -0.3 is 15.0 Å². The zero-order chi connectivity index (χ0) is 10.1. The number of nitrogens with one attached hydrogen (secondary N) is 1. The topological polar surface area (TPSA) is 50.1 Å². The van der Waals surface area contributed by atoms with Gasteiger partial charge in [0.05, 0.1) is 11.4 Å². The SMILES string of the molecule is CNCC(O)c1c(C)nc2n1CCC2. The third-order valence-electron chi connectivity index (χ3n) is 2.77. The molecule has 78 valence electrons. The first kappa shape index (κ1) is 9.68. The smallest absolute Gasteiger partial charge is 0.109 e. The quantitative estimate of drug-likeness (QED) is 0.733. The van der Waals surface area contributed by atoms with Crippen molar-refractivity contribution in [2.75, 3.05) is 13.6 Å². The van der Waals surface area contributed by atoms with Crippen LogP contribution in [0, 0.1) is 6.92 Å². The second-order valence-corrected chi connectivity index (χ2v) is 3.83. The molecule has 0 bridgehead atoms. The monoisotopic (exact) mass is 195 g/mol. The third-order valence-corrected chi connectivity index (χ3v) is 2.77. The summed E-state index contributed by atoms with van der Waals surface area (Å²) in [5, 5.41) is 12.9. The van der Waals surface area contributed by atoms with Crippen molar-refractivity contribution in [1.82, 2.24) is 14.9 Å². The van der Waals surface area contributed by atoms with E-state index in [1.807, 2.05) is 14.0 Å². The third kappa shape index (κ3) is 1.44. The molecule has 0 saturated heterocycles. The van der Waals surface area contributed by atoms with Gasteiger partial charge in [-0.15, -0.1) is 0 Å². The van der Waals surface area contributed by atoms with Gasteiger partial charge in [0.25, 0.3) is 0 Å². The van der Waals surface area contributed by atoms with Crippen molar-refractivity contribution in [2.24, 2.45) is 0 Å². The fourth-order valence-corrected chi connectivity index (χ4v) is 2.19. The van der Waals surface area contributed by atoms with Crippen LogP contribution in [0.15, 0.2) is 0 Å². The molecule has 1 aliphatic rings. The van der Waals surface area contributed by atoms with Crippen LogP contribution >= 0.6 is 0 Å². The summed E-state index contributed by atoms with van der Waals surface area (Å²) in [4.78, 5) is 4.47. The standard InChI is InChI=1S/C10H17N3O/c1-7-10(8(14)6-11-2)13-5-3-4-9(13)12-7/h8,11,14H,3-6H2,1-2H3. The normalized spacial score (nSPS) is 17.1. The zero-order valence-corrected chi connectivity index (χ0v) is 8.75. The predicted molar refractivity (Wildman–Crippen MR) is 54.2 cm³/mol. The fourth-order valence-electron chi connectivity index (χ4n) is 2.19. The molecule has 2 heterocycles. The minimum Gasteiger partial charge on any atom is -0.385 e. The lowest BCUT2D eigenvalue weighted by Gasteiger charge is -2.13. The van der Waals surface area contributed by atoms with Gasteiger partial charge in [-0.1, -0.05) is 0 Å². The second kappa shape index (κ2) is 3.71. The number of fused-ring (bicyclic) bond motifs is 1. The Balaban J connectivity index is 2.32. The minimum absolute atomic E-state index is 0.431. The van der Waals surface area contributed by atoms with E-state index in [4.69, 9.17) is 0 Å². The van der Waals surface area contributed by atoms with Crippen molar-refractivity contribution in [3.63, 3.8) is 0 Å². The number of nitrogens with zero attached hydrogens (tertiary/aromatic N) is 2. The molecule has 2 N–H and O–H groups in total. The number of aromatic nitrogens is 2. The highest BCUT2D eigenvalue weighted by Crippen LogP contribution is 2.24. The summed E-state index contributed by atoms with van der Waals surface area (Å²) >= 11 is 0. The summed E-state index contributed by atoms with van der Waals surface area (Å²) in [6.07, 6.45) is 1.77. The Morgan fingerprint density at radius 1 is 1.64 bits per heavy atom. The molecule has 0 spiro atoms. The lowest BCUT2D eigenvalue weighted by atomic mass is 10.2. The molecule has 0 amide bonds. The van der Waals surface area contributed by atoms with E-state index in [1.165, 1.54) is 0 Å². The molecule has 0 saturated carbocycles. The van der Waals surface area contributed by atoms with Crippen molar-refractivity contribution in [3.05, 3.63) is 17.2 Å². The molecule has 1 unspecified atom stereocenters. The van der Waals surface area contributed by atoms with Crippen LogP contribution < -0.4 is 5.32 Å². The van der Waals surface area contributed by atoms with Crippen LogP contribution in [0.2, 0.25) is 0 Å². The molecule has 1 aromatic heterocycles. The molecule has 14 heavy (non-hydrogen) atoms. The van der Waals surface area contributed by atoms with Crippen LogP contribution in [-0.4, -0.2) is 28.3 Å². The number of aliphatic hydroxyl groups excluding tert-OH is 1. The summed E-state index contributed by atoms with van der Waals surface area (Å²) in [5.41, 5.74) is 1.97. The van der Waals surface area contributed by atoms with Crippen molar-refractivity contribution in [2.45, 2.75) is 32.4 Å². The van der Waals surface area contributed by atoms with Crippen molar-refractivity contribution in [3.8, 4) is 0 Å². The van der Waals surface area contributed by atoms with Gasteiger partial charge in [-0.3, -0.25) is 0 Å². The summed E-state index contributed by atoms with van der Waals surface area (Å²) in [6.45, 7) is 3.57. The van der Waals surface area contributed by atoms with Crippen molar-refractivity contribution < 1.29 is 5.11 Å². The lowest BCUT2D eigenvalue weighted by Crippen LogP contribution is -2.20. The van der Waals surface area contributed by atoms with Gasteiger partial charge in [-0.25, -0.2) is 4.98 Å². The van der Waals surface area contributed by atoms with Crippen molar-refractivity contribution in [1.29, 1.82) is 0 Å². The summed E-state index contributed by atoms with van der Waals surface area (Å²) < 4.78 is 2.16. The number of aryl methyl sites for hydroxylation is 2. The second-order valence-electron chi connectivity index (χ2n) is 3.83. The molecule has 1 aromatic rings.